The summed E-state index contributed by atoms with van der Waals surface area (Å²) < 4.78 is 12.2. The van der Waals surface area contributed by atoms with Crippen LogP contribution < -0.4 is 10.3 Å². The molecule has 4 N–H and O–H groups in total. The molecule has 10 heteroatoms. The summed E-state index contributed by atoms with van der Waals surface area (Å²) in [4.78, 5) is 29.1. The number of fused-ring (bicyclic) bond motifs is 1. The highest BCUT2D eigenvalue weighted by atomic mass is 16.7. The summed E-state index contributed by atoms with van der Waals surface area (Å²) in [7, 11) is 0. The van der Waals surface area contributed by atoms with E-state index in [9.17, 15) is 30.0 Å². The minimum atomic E-state index is -1.83. The van der Waals surface area contributed by atoms with Crippen LogP contribution in [0.5, 0.6) is 5.75 Å². The van der Waals surface area contributed by atoms with E-state index in [1.165, 1.54) is 16.7 Å². The Balaban J connectivity index is 1.73. The fraction of sp³-hybridized carbons (Fsp3) is 0.318. The van der Waals surface area contributed by atoms with Crippen LogP contribution in [-0.4, -0.2) is 66.7 Å². The number of nitrogens with zero attached hydrogens (tertiary/aromatic N) is 2. The van der Waals surface area contributed by atoms with Crippen molar-refractivity contribution in [3.8, 4) is 11.4 Å². The van der Waals surface area contributed by atoms with Gasteiger partial charge in [0.2, 0.25) is 6.29 Å². The molecule has 0 amide bonds. The summed E-state index contributed by atoms with van der Waals surface area (Å²) in [6.07, 6.45) is -8.70. The molecule has 0 bridgehead atoms. The van der Waals surface area contributed by atoms with Gasteiger partial charge in [0.25, 0.3) is 5.56 Å². The molecule has 0 aliphatic carbocycles. The molecule has 0 unspecified atom stereocenters. The van der Waals surface area contributed by atoms with Gasteiger partial charge in [-0.05, 0) is 43.7 Å². The fourth-order valence-corrected chi connectivity index (χ4v) is 3.73. The predicted molar refractivity (Wildman–Crippen MR) is 112 cm³/mol. The number of para-hydroxylation sites is 1. The molecule has 2 heterocycles. The lowest BCUT2D eigenvalue weighted by Gasteiger charge is -2.38. The van der Waals surface area contributed by atoms with Crippen LogP contribution in [0, 0.1) is 13.8 Å². The number of carbonyl (C=O) groups is 1. The van der Waals surface area contributed by atoms with Crippen molar-refractivity contribution in [3.63, 3.8) is 0 Å². The maximum atomic E-state index is 13.3. The number of rotatable bonds is 4. The number of hydrogen-bond donors (Lipinski definition) is 4. The Hall–Kier alpha value is -3.31. The molecule has 1 saturated heterocycles. The Morgan fingerprint density at radius 1 is 1.06 bits per heavy atom. The summed E-state index contributed by atoms with van der Waals surface area (Å²) >= 11 is 0. The third-order valence-electron chi connectivity index (χ3n) is 5.43. The monoisotopic (exact) mass is 442 g/mol. The largest absolute Gasteiger partial charge is 0.479 e. The molecule has 1 fully saturated rings. The zero-order chi connectivity index (χ0) is 23.2. The molecule has 2 aromatic carbocycles. The average molecular weight is 442 g/mol. The number of carboxylic acids is 1. The highest BCUT2D eigenvalue weighted by Gasteiger charge is 2.48. The number of aromatic nitrogens is 2. The van der Waals surface area contributed by atoms with Crippen LogP contribution in [0.4, 0.5) is 0 Å². The van der Waals surface area contributed by atoms with E-state index in [0.717, 1.165) is 5.56 Å². The quantitative estimate of drug-likeness (QED) is 0.446. The van der Waals surface area contributed by atoms with Gasteiger partial charge in [0.05, 0.1) is 16.6 Å². The standard InChI is InChI=1S/C22H22N2O8/c1-10-5-3-4-6-15(10)24-11(2)23-14-8-7-12(9-13(14)20(24)28)31-22-18(27)16(25)17(26)19(32-22)21(29)30/h3-9,16-19,22,25-27H,1-2H3,(H,29,30)/t16-,17-,18+,19+,22+/m1/s1. The first-order valence-electron chi connectivity index (χ1n) is 9.87. The first-order chi connectivity index (χ1) is 15.2. The smallest absolute Gasteiger partial charge is 0.335 e. The van der Waals surface area contributed by atoms with Gasteiger partial charge in [0.1, 0.15) is 29.9 Å². The van der Waals surface area contributed by atoms with Crippen molar-refractivity contribution in [2.24, 2.45) is 0 Å². The number of hydrogen-bond acceptors (Lipinski definition) is 8. The summed E-state index contributed by atoms with van der Waals surface area (Å²) in [5, 5.41) is 39.3. The van der Waals surface area contributed by atoms with E-state index >= 15 is 0 Å². The number of ether oxygens (including phenoxy) is 2. The number of benzene rings is 2. The summed E-state index contributed by atoms with van der Waals surface area (Å²) in [5.74, 6) is -0.928. The van der Waals surface area contributed by atoms with Crippen LogP contribution in [0.2, 0.25) is 0 Å². The van der Waals surface area contributed by atoms with Crippen LogP contribution in [0.1, 0.15) is 11.4 Å². The zero-order valence-electron chi connectivity index (χ0n) is 17.2. The molecule has 3 aromatic rings. The minimum absolute atomic E-state index is 0.0911. The molecule has 0 spiro atoms. The zero-order valence-corrected chi connectivity index (χ0v) is 17.2. The third kappa shape index (κ3) is 3.73. The summed E-state index contributed by atoms with van der Waals surface area (Å²) in [6.45, 7) is 3.61. The molecule has 1 aliphatic rings. The van der Waals surface area contributed by atoms with Gasteiger partial charge in [0, 0.05) is 0 Å². The van der Waals surface area contributed by atoms with Crippen LogP contribution in [0.15, 0.2) is 47.3 Å². The molecular formula is C22H22N2O8. The van der Waals surface area contributed by atoms with Crippen LogP contribution in [0.25, 0.3) is 16.6 Å². The van der Waals surface area contributed by atoms with Crippen LogP contribution in [0.3, 0.4) is 0 Å². The van der Waals surface area contributed by atoms with E-state index in [0.29, 0.717) is 17.0 Å². The van der Waals surface area contributed by atoms with Crippen molar-refractivity contribution in [2.45, 2.75) is 44.6 Å². The molecule has 0 radical (unpaired) electrons. The summed E-state index contributed by atoms with van der Waals surface area (Å²) in [6, 6.07) is 11.8. The maximum absolute atomic E-state index is 13.3. The van der Waals surface area contributed by atoms with Crippen molar-refractivity contribution in [1.29, 1.82) is 0 Å². The van der Waals surface area contributed by atoms with Gasteiger partial charge in [-0.25, -0.2) is 9.78 Å². The van der Waals surface area contributed by atoms with Crippen molar-refractivity contribution in [3.05, 3.63) is 64.2 Å². The molecule has 168 valence electrons. The first kappa shape index (κ1) is 21.9. The third-order valence-corrected chi connectivity index (χ3v) is 5.43. The lowest BCUT2D eigenvalue weighted by molar-refractivity contribution is -0.271. The normalized spacial score (nSPS) is 25.6. The van der Waals surface area contributed by atoms with Crippen molar-refractivity contribution in [2.75, 3.05) is 0 Å². The van der Waals surface area contributed by atoms with Crippen molar-refractivity contribution >= 4 is 16.9 Å². The van der Waals surface area contributed by atoms with E-state index < -0.39 is 36.7 Å². The molecule has 1 aliphatic heterocycles. The molecule has 1 aromatic heterocycles. The first-order valence-corrected chi connectivity index (χ1v) is 9.87. The van der Waals surface area contributed by atoms with Crippen molar-refractivity contribution in [1.82, 2.24) is 9.55 Å². The van der Waals surface area contributed by atoms with Gasteiger partial charge >= 0.3 is 5.97 Å². The Labute approximate surface area is 181 Å². The number of aliphatic hydroxyl groups is 3. The predicted octanol–water partition coefficient (Wildman–Crippen LogP) is 0.274. The van der Waals surface area contributed by atoms with E-state index in [1.807, 2.05) is 31.2 Å². The van der Waals surface area contributed by atoms with Gasteiger partial charge in [-0.2, -0.15) is 0 Å². The second kappa shape index (κ2) is 8.32. The lowest BCUT2D eigenvalue weighted by Crippen LogP contribution is -2.61. The Morgan fingerprint density at radius 2 is 1.78 bits per heavy atom. The van der Waals surface area contributed by atoms with Crippen LogP contribution >= 0.6 is 0 Å². The number of aryl methyl sites for hydroxylation is 2. The van der Waals surface area contributed by atoms with Gasteiger partial charge in [-0.1, -0.05) is 18.2 Å². The van der Waals surface area contributed by atoms with E-state index in [2.05, 4.69) is 4.98 Å². The summed E-state index contributed by atoms with van der Waals surface area (Å²) in [5.41, 5.74) is 1.66. The van der Waals surface area contributed by atoms with E-state index in [-0.39, 0.29) is 16.7 Å². The topological polar surface area (TPSA) is 151 Å². The van der Waals surface area contributed by atoms with Crippen LogP contribution in [-0.2, 0) is 9.53 Å². The van der Waals surface area contributed by atoms with E-state index in [1.54, 1.807) is 13.0 Å². The van der Waals surface area contributed by atoms with Gasteiger partial charge in [-0.3, -0.25) is 9.36 Å². The molecule has 32 heavy (non-hydrogen) atoms. The number of aliphatic carboxylic acids is 1. The molecular weight excluding hydrogens is 420 g/mol. The van der Waals surface area contributed by atoms with Gasteiger partial charge in [-0.15, -0.1) is 0 Å². The Kier molecular flexibility index (Phi) is 5.70. The maximum Gasteiger partial charge on any atom is 0.335 e. The van der Waals surface area contributed by atoms with Gasteiger partial charge in [0.15, 0.2) is 6.10 Å². The minimum Gasteiger partial charge on any atom is -0.479 e. The molecule has 10 nitrogen and oxygen atoms in total. The highest BCUT2D eigenvalue weighted by Crippen LogP contribution is 2.26. The van der Waals surface area contributed by atoms with E-state index in [4.69, 9.17) is 9.47 Å². The lowest BCUT2D eigenvalue weighted by atomic mass is 9.99. The Bertz CT molecular complexity index is 1240. The molecule has 0 saturated carbocycles. The second-order valence-electron chi connectivity index (χ2n) is 7.62. The number of carboxylic acid groups (broad SMARTS) is 1. The SMILES string of the molecule is Cc1ccccc1-n1c(C)nc2ccc(O[C@H]3O[C@H](C(=O)O)[C@H](O)[C@@H](O)[C@@H]3O)cc2c1=O. The van der Waals surface area contributed by atoms with Gasteiger partial charge < -0.3 is 29.9 Å². The fourth-order valence-electron chi connectivity index (χ4n) is 3.73. The second-order valence-corrected chi connectivity index (χ2v) is 7.62. The number of aliphatic hydroxyl groups excluding tert-OH is 3. The average Bonchev–Trinajstić information content (AvgIpc) is 2.75. The highest BCUT2D eigenvalue weighted by molar-refractivity contribution is 5.79. The van der Waals surface area contributed by atoms with Crippen molar-refractivity contribution < 1.29 is 34.7 Å². The molecule has 4 rings (SSSR count). The Morgan fingerprint density at radius 3 is 2.47 bits per heavy atom. The molecule has 5 atom stereocenters.